The molecule has 0 unspecified atom stereocenters. The van der Waals surface area contributed by atoms with Crippen molar-refractivity contribution in [3.8, 4) is 0 Å². The molecule has 4 N–H and O–H groups in total. The Labute approximate surface area is 152 Å². The van der Waals surface area contributed by atoms with Crippen LogP contribution in [0.5, 0.6) is 0 Å². The molecule has 0 bridgehead atoms. The molecule has 0 rings (SSSR count). The average Bonchev–Trinajstić information content (AvgIpc) is 2.43. The van der Waals surface area contributed by atoms with Crippen molar-refractivity contribution >= 4 is 20.2 Å². The Bertz CT molecular complexity index is 533. The van der Waals surface area contributed by atoms with E-state index in [1.807, 2.05) is 27.7 Å². The quantitative estimate of drug-likeness (QED) is 0.407. The lowest BCUT2D eigenvalue weighted by molar-refractivity contribution is 0.176. The summed E-state index contributed by atoms with van der Waals surface area (Å²) in [5, 5.41) is 0. The van der Waals surface area contributed by atoms with Gasteiger partial charge >= 0.3 is 0 Å². The molecule has 0 aliphatic carbocycles. The Morgan fingerprint density at radius 1 is 0.720 bits per heavy atom. The van der Waals surface area contributed by atoms with Crippen molar-refractivity contribution in [2.75, 3.05) is 37.8 Å². The molecular weight excluding hydrogens is 368 g/mol. The minimum atomic E-state index is -3.78. The number of hydrogen-bond donors (Lipinski definition) is 2. The van der Waals surface area contributed by atoms with Crippen LogP contribution < -0.4 is 11.5 Å². The van der Waals surface area contributed by atoms with E-state index < -0.39 is 20.2 Å². The van der Waals surface area contributed by atoms with Crippen molar-refractivity contribution in [2.24, 2.45) is 22.3 Å². The SMILES string of the molecule is CC(C)(CCN)COS(=O)(=O)CCCS(=O)(=O)OCC(C)(C)CCN. The summed E-state index contributed by atoms with van der Waals surface area (Å²) >= 11 is 0. The molecule has 10 heteroatoms. The molecule has 0 radical (unpaired) electrons. The molecule has 0 aromatic rings. The fourth-order valence-electron chi connectivity index (χ4n) is 1.95. The third-order valence-electron chi connectivity index (χ3n) is 3.69. The van der Waals surface area contributed by atoms with Gasteiger partial charge in [-0.3, -0.25) is 8.37 Å². The molecular formula is C15H34N2O6S2. The van der Waals surface area contributed by atoms with Gasteiger partial charge in [0.05, 0.1) is 24.7 Å². The number of hydrogen-bond acceptors (Lipinski definition) is 8. The highest BCUT2D eigenvalue weighted by atomic mass is 32.2. The Morgan fingerprint density at radius 3 is 1.32 bits per heavy atom. The van der Waals surface area contributed by atoms with Gasteiger partial charge in [0, 0.05) is 0 Å². The van der Waals surface area contributed by atoms with Crippen LogP contribution in [-0.4, -0.2) is 54.6 Å². The Hall–Kier alpha value is -0.260. The second-order valence-electron chi connectivity index (χ2n) is 7.81. The molecule has 0 aromatic carbocycles. The van der Waals surface area contributed by atoms with Gasteiger partial charge in [0.25, 0.3) is 20.2 Å². The van der Waals surface area contributed by atoms with Gasteiger partial charge in [-0.2, -0.15) is 16.8 Å². The van der Waals surface area contributed by atoms with E-state index >= 15 is 0 Å². The monoisotopic (exact) mass is 402 g/mol. The largest absolute Gasteiger partial charge is 0.330 e. The second-order valence-corrected chi connectivity index (χ2v) is 11.3. The summed E-state index contributed by atoms with van der Waals surface area (Å²) in [6, 6.07) is 0. The zero-order chi connectivity index (χ0) is 19.8. The lowest BCUT2D eigenvalue weighted by Crippen LogP contribution is -2.27. The van der Waals surface area contributed by atoms with Crippen molar-refractivity contribution in [1.29, 1.82) is 0 Å². The van der Waals surface area contributed by atoms with Crippen LogP contribution in [0.4, 0.5) is 0 Å². The van der Waals surface area contributed by atoms with Crippen molar-refractivity contribution < 1.29 is 25.2 Å². The van der Waals surface area contributed by atoms with Crippen LogP contribution in [-0.2, 0) is 28.6 Å². The molecule has 0 fully saturated rings. The summed E-state index contributed by atoms with van der Waals surface area (Å²) in [5.74, 6) is -0.749. The van der Waals surface area contributed by atoms with Gasteiger partial charge in [0.1, 0.15) is 0 Å². The third-order valence-corrected chi connectivity index (χ3v) is 6.22. The van der Waals surface area contributed by atoms with E-state index in [1.54, 1.807) is 0 Å². The van der Waals surface area contributed by atoms with E-state index in [0.29, 0.717) is 25.9 Å². The van der Waals surface area contributed by atoms with Gasteiger partial charge in [-0.1, -0.05) is 27.7 Å². The lowest BCUT2D eigenvalue weighted by Gasteiger charge is -2.23. The van der Waals surface area contributed by atoms with Gasteiger partial charge < -0.3 is 11.5 Å². The van der Waals surface area contributed by atoms with Gasteiger partial charge in [0.2, 0.25) is 0 Å². The molecule has 152 valence electrons. The first kappa shape index (κ1) is 24.7. The molecule has 0 amide bonds. The first-order valence-corrected chi connectivity index (χ1v) is 11.5. The minimum absolute atomic E-state index is 0.0169. The zero-order valence-corrected chi connectivity index (χ0v) is 17.4. The van der Waals surface area contributed by atoms with E-state index in [4.69, 9.17) is 19.8 Å². The van der Waals surface area contributed by atoms with E-state index in [2.05, 4.69) is 0 Å². The highest BCUT2D eigenvalue weighted by Crippen LogP contribution is 2.22. The summed E-state index contributed by atoms with van der Waals surface area (Å²) < 4.78 is 57.4. The van der Waals surface area contributed by atoms with Crippen LogP contribution >= 0.6 is 0 Å². The molecule has 0 saturated heterocycles. The maximum Gasteiger partial charge on any atom is 0.267 e. The Kier molecular flexibility index (Phi) is 10.1. The van der Waals surface area contributed by atoms with Crippen molar-refractivity contribution in [2.45, 2.75) is 47.0 Å². The van der Waals surface area contributed by atoms with E-state index in [9.17, 15) is 16.8 Å². The predicted molar refractivity (Wildman–Crippen MR) is 99.0 cm³/mol. The lowest BCUT2D eigenvalue weighted by atomic mass is 9.91. The van der Waals surface area contributed by atoms with E-state index in [0.717, 1.165) is 0 Å². The van der Waals surface area contributed by atoms with Crippen LogP contribution in [0.1, 0.15) is 47.0 Å². The highest BCUT2D eigenvalue weighted by molar-refractivity contribution is 7.87. The van der Waals surface area contributed by atoms with Crippen LogP contribution in [0.15, 0.2) is 0 Å². The van der Waals surface area contributed by atoms with Crippen LogP contribution in [0.2, 0.25) is 0 Å². The number of nitrogens with two attached hydrogens (primary N) is 2. The first-order chi connectivity index (χ1) is 11.2. The summed E-state index contributed by atoms with van der Waals surface area (Å²) in [6.45, 7) is 8.34. The molecule has 0 heterocycles. The molecule has 25 heavy (non-hydrogen) atoms. The number of rotatable bonds is 14. The van der Waals surface area contributed by atoms with Crippen LogP contribution in [0, 0.1) is 10.8 Å². The van der Waals surface area contributed by atoms with Gasteiger partial charge in [-0.15, -0.1) is 0 Å². The highest BCUT2D eigenvalue weighted by Gasteiger charge is 2.24. The molecule has 0 atom stereocenters. The molecule has 0 aliphatic heterocycles. The maximum absolute atomic E-state index is 11.9. The minimum Gasteiger partial charge on any atom is -0.330 e. The van der Waals surface area contributed by atoms with Crippen molar-refractivity contribution in [3.63, 3.8) is 0 Å². The molecule has 0 spiro atoms. The van der Waals surface area contributed by atoms with Crippen molar-refractivity contribution in [3.05, 3.63) is 0 Å². The Morgan fingerprint density at radius 2 is 1.04 bits per heavy atom. The average molecular weight is 403 g/mol. The third kappa shape index (κ3) is 12.7. The van der Waals surface area contributed by atoms with E-state index in [-0.39, 0.29) is 42.0 Å². The summed E-state index contributed by atoms with van der Waals surface area (Å²) in [5.41, 5.74) is 10.2. The Balaban J connectivity index is 4.35. The summed E-state index contributed by atoms with van der Waals surface area (Å²) in [6.07, 6.45) is 1.17. The second kappa shape index (κ2) is 10.2. The molecule has 0 aromatic heterocycles. The maximum atomic E-state index is 11.9. The van der Waals surface area contributed by atoms with Crippen molar-refractivity contribution in [1.82, 2.24) is 0 Å². The fourth-order valence-corrected chi connectivity index (χ4v) is 4.37. The first-order valence-electron chi connectivity index (χ1n) is 8.39. The summed E-state index contributed by atoms with van der Waals surface area (Å²) in [4.78, 5) is 0. The smallest absolute Gasteiger partial charge is 0.267 e. The summed E-state index contributed by atoms with van der Waals surface area (Å²) in [7, 11) is -7.57. The molecule has 0 saturated carbocycles. The fraction of sp³-hybridized carbons (Fsp3) is 1.00. The van der Waals surface area contributed by atoms with Crippen LogP contribution in [0.25, 0.3) is 0 Å². The van der Waals surface area contributed by atoms with E-state index in [1.165, 1.54) is 0 Å². The molecule has 8 nitrogen and oxygen atoms in total. The predicted octanol–water partition coefficient (Wildman–Crippen LogP) is 0.819. The van der Waals surface area contributed by atoms with Crippen LogP contribution in [0.3, 0.4) is 0 Å². The topological polar surface area (TPSA) is 139 Å². The molecule has 0 aliphatic rings. The standard InChI is InChI=1S/C15H34N2O6S2/c1-14(2,6-8-16)12-22-24(18,19)10-5-11-25(20,21)23-13-15(3,4)7-9-17/h5-13,16-17H2,1-4H3. The van der Waals surface area contributed by atoms with Gasteiger partial charge in [-0.05, 0) is 43.2 Å². The van der Waals surface area contributed by atoms with Gasteiger partial charge in [-0.25, -0.2) is 0 Å². The zero-order valence-electron chi connectivity index (χ0n) is 15.8. The van der Waals surface area contributed by atoms with Gasteiger partial charge in [0.15, 0.2) is 0 Å². The normalized spacial score (nSPS) is 14.0.